The Labute approximate surface area is 157 Å². The van der Waals surface area contributed by atoms with Crippen molar-refractivity contribution in [3.05, 3.63) is 52.6 Å². The zero-order valence-electron chi connectivity index (χ0n) is 13.9. The number of carbonyl (C=O) groups is 1. The van der Waals surface area contributed by atoms with Gasteiger partial charge in [-0.25, -0.2) is 4.39 Å². The summed E-state index contributed by atoms with van der Waals surface area (Å²) >= 11 is 3.12. The van der Waals surface area contributed by atoms with Crippen molar-refractivity contribution in [2.24, 2.45) is 4.99 Å². The molecule has 1 amide bonds. The number of fused-ring (bicyclic) bond motifs is 2. The molecule has 1 aliphatic heterocycles. The first-order chi connectivity index (χ1) is 12.7. The molecule has 1 aliphatic rings. The fourth-order valence-corrected chi connectivity index (χ4v) is 4.15. The van der Waals surface area contributed by atoms with Crippen LogP contribution in [0.2, 0.25) is 0 Å². The fraction of sp³-hybridized carbons (Fsp3) is 0.222. The molecule has 0 fully saturated rings. The summed E-state index contributed by atoms with van der Waals surface area (Å²) in [5, 5.41) is 0. The topological polar surface area (TPSA) is 52.8 Å². The van der Waals surface area contributed by atoms with Crippen LogP contribution in [0, 0.1) is 5.82 Å². The average Bonchev–Trinajstić information content (AvgIpc) is 3.21. The lowest BCUT2D eigenvalue weighted by atomic mass is 10.2. The molecule has 0 radical (unpaired) electrons. The van der Waals surface area contributed by atoms with Gasteiger partial charge in [0, 0.05) is 30.0 Å². The van der Waals surface area contributed by atoms with Gasteiger partial charge < -0.3 is 14.0 Å². The third-order valence-electron chi connectivity index (χ3n) is 3.96. The predicted molar refractivity (Wildman–Crippen MR) is 101 cm³/mol. The molecule has 0 bridgehead atoms. The summed E-state index contributed by atoms with van der Waals surface area (Å²) in [6, 6.07) is 9.39. The van der Waals surface area contributed by atoms with Crippen LogP contribution in [0.25, 0.3) is 10.2 Å². The molecular weight excluding hydrogens is 375 g/mol. The number of hydrogen-bond donors (Lipinski definition) is 0. The minimum absolute atomic E-state index is 0.215. The Bertz CT molecular complexity index is 1060. The van der Waals surface area contributed by atoms with Gasteiger partial charge in [-0.2, -0.15) is 16.8 Å². The molecule has 0 spiro atoms. The van der Waals surface area contributed by atoms with Crippen molar-refractivity contribution in [1.82, 2.24) is 4.57 Å². The Hall–Kier alpha value is -2.32. The van der Waals surface area contributed by atoms with E-state index in [0.717, 1.165) is 16.0 Å². The first kappa shape index (κ1) is 17.1. The van der Waals surface area contributed by atoms with Gasteiger partial charge in [0.25, 0.3) is 5.91 Å². The summed E-state index contributed by atoms with van der Waals surface area (Å²) in [7, 11) is 0. The van der Waals surface area contributed by atoms with E-state index in [1.165, 1.54) is 29.5 Å². The van der Waals surface area contributed by atoms with E-state index < -0.39 is 11.7 Å². The summed E-state index contributed by atoms with van der Waals surface area (Å²) < 4.78 is 27.2. The van der Waals surface area contributed by atoms with Crippen molar-refractivity contribution in [3.8, 4) is 11.5 Å². The average molecular weight is 390 g/mol. The van der Waals surface area contributed by atoms with Gasteiger partial charge in [0.1, 0.15) is 5.82 Å². The SMILES string of the molecule is CSCCn1c(=NC(=O)c2cccc(F)c2)sc2cc3c(cc21)OCO3. The Kier molecular flexibility index (Phi) is 4.69. The lowest BCUT2D eigenvalue weighted by molar-refractivity contribution is 0.0997. The van der Waals surface area contributed by atoms with E-state index in [0.29, 0.717) is 22.8 Å². The number of amides is 1. The van der Waals surface area contributed by atoms with Gasteiger partial charge in [-0.15, -0.1) is 0 Å². The van der Waals surface area contributed by atoms with Gasteiger partial charge in [-0.3, -0.25) is 4.79 Å². The molecule has 5 nitrogen and oxygen atoms in total. The molecule has 0 saturated carbocycles. The van der Waals surface area contributed by atoms with Crippen molar-refractivity contribution in [3.63, 3.8) is 0 Å². The van der Waals surface area contributed by atoms with Crippen molar-refractivity contribution >= 4 is 39.2 Å². The van der Waals surface area contributed by atoms with E-state index >= 15 is 0 Å². The highest BCUT2D eigenvalue weighted by atomic mass is 32.2. The maximum atomic E-state index is 13.4. The minimum atomic E-state index is -0.464. The number of hydrogen-bond acceptors (Lipinski definition) is 5. The summed E-state index contributed by atoms with van der Waals surface area (Å²) in [6.07, 6.45) is 2.03. The second-order valence-electron chi connectivity index (χ2n) is 5.63. The molecule has 1 aromatic heterocycles. The molecule has 4 rings (SSSR count). The predicted octanol–water partition coefficient (Wildman–Crippen LogP) is 3.67. The van der Waals surface area contributed by atoms with E-state index in [4.69, 9.17) is 9.47 Å². The van der Waals surface area contributed by atoms with Crippen molar-refractivity contribution in [1.29, 1.82) is 0 Å². The van der Waals surface area contributed by atoms with Crippen LogP contribution in [0.15, 0.2) is 41.4 Å². The number of halogens is 1. The van der Waals surface area contributed by atoms with E-state index in [1.54, 1.807) is 17.8 Å². The summed E-state index contributed by atoms with van der Waals surface area (Å²) in [6.45, 7) is 0.919. The zero-order chi connectivity index (χ0) is 18.1. The maximum Gasteiger partial charge on any atom is 0.279 e. The van der Waals surface area contributed by atoms with Crippen LogP contribution < -0.4 is 14.3 Å². The molecular formula is C18H15FN2O3S2. The van der Waals surface area contributed by atoms with Crippen LogP contribution >= 0.6 is 23.1 Å². The van der Waals surface area contributed by atoms with E-state index in [1.807, 2.05) is 23.0 Å². The number of rotatable bonds is 4. The monoisotopic (exact) mass is 390 g/mol. The van der Waals surface area contributed by atoms with Gasteiger partial charge in [-0.1, -0.05) is 17.4 Å². The second kappa shape index (κ2) is 7.13. The lowest BCUT2D eigenvalue weighted by Crippen LogP contribution is -2.18. The number of ether oxygens (including phenoxy) is 2. The summed E-state index contributed by atoms with van der Waals surface area (Å²) in [4.78, 5) is 17.3. The number of aryl methyl sites for hydroxylation is 1. The normalized spacial score (nSPS) is 13.5. The van der Waals surface area contributed by atoms with Gasteiger partial charge >= 0.3 is 0 Å². The highest BCUT2D eigenvalue weighted by molar-refractivity contribution is 7.98. The molecule has 2 heterocycles. The van der Waals surface area contributed by atoms with Crippen molar-refractivity contribution in [2.45, 2.75) is 6.54 Å². The molecule has 134 valence electrons. The quantitative estimate of drug-likeness (QED) is 0.682. The van der Waals surface area contributed by atoms with Gasteiger partial charge in [0.05, 0.1) is 10.2 Å². The Morgan fingerprint density at radius 3 is 2.88 bits per heavy atom. The number of benzene rings is 2. The number of aromatic nitrogens is 1. The van der Waals surface area contributed by atoms with Crippen LogP contribution in [0.1, 0.15) is 10.4 Å². The molecule has 0 atom stereocenters. The van der Waals surface area contributed by atoms with E-state index in [9.17, 15) is 9.18 Å². The van der Waals surface area contributed by atoms with Crippen LogP contribution in [-0.4, -0.2) is 29.3 Å². The Morgan fingerprint density at radius 2 is 2.12 bits per heavy atom. The van der Waals surface area contributed by atoms with Gasteiger partial charge in [0.2, 0.25) is 6.79 Å². The Morgan fingerprint density at radius 1 is 1.31 bits per heavy atom. The van der Waals surface area contributed by atoms with Crippen LogP contribution in [0.4, 0.5) is 4.39 Å². The molecule has 3 aromatic rings. The number of carbonyl (C=O) groups excluding carboxylic acids is 1. The third-order valence-corrected chi connectivity index (χ3v) is 5.60. The summed E-state index contributed by atoms with van der Waals surface area (Å²) in [5.74, 6) is 1.34. The molecule has 0 unspecified atom stereocenters. The molecule has 2 aromatic carbocycles. The van der Waals surface area contributed by atoms with E-state index in [2.05, 4.69) is 4.99 Å². The van der Waals surface area contributed by atoms with Gasteiger partial charge in [-0.05, 0) is 24.5 Å². The largest absolute Gasteiger partial charge is 0.454 e. The van der Waals surface area contributed by atoms with Crippen LogP contribution in [-0.2, 0) is 6.54 Å². The highest BCUT2D eigenvalue weighted by Crippen LogP contribution is 2.37. The lowest BCUT2D eigenvalue weighted by Gasteiger charge is -2.04. The van der Waals surface area contributed by atoms with Crippen LogP contribution in [0.3, 0.4) is 0 Å². The van der Waals surface area contributed by atoms with Crippen molar-refractivity contribution < 1.29 is 18.7 Å². The second-order valence-corrected chi connectivity index (χ2v) is 7.62. The molecule has 0 aliphatic carbocycles. The Balaban J connectivity index is 1.84. The number of thiazole rings is 1. The highest BCUT2D eigenvalue weighted by Gasteiger charge is 2.18. The first-order valence-corrected chi connectivity index (χ1v) is 10.1. The maximum absolute atomic E-state index is 13.4. The van der Waals surface area contributed by atoms with Crippen molar-refractivity contribution in [2.75, 3.05) is 18.8 Å². The standard InChI is InChI=1S/C18H15FN2O3S2/c1-25-6-5-21-13-8-14-15(24-10-23-14)9-16(13)26-18(21)20-17(22)11-3-2-4-12(19)7-11/h2-4,7-9H,5-6,10H2,1H3. The zero-order valence-corrected chi connectivity index (χ0v) is 15.5. The van der Waals surface area contributed by atoms with Gasteiger partial charge in [0.15, 0.2) is 16.3 Å². The minimum Gasteiger partial charge on any atom is -0.454 e. The molecule has 0 N–H and O–H groups in total. The molecule has 26 heavy (non-hydrogen) atoms. The van der Waals surface area contributed by atoms with Crippen LogP contribution in [0.5, 0.6) is 11.5 Å². The third kappa shape index (κ3) is 3.22. The number of nitrogens with zero attached hydrogens (tertiary/aromatic N) is 2. The summed E-state index contributed by atoms with van der Waals surface area (Å²) in [5.41, 5.74) is 1.17. The first-order valence-electron chi connectivity index (χ1n) is 7.92. The van der Waals surface area contributed by atoms with E-state index in [-0.39, 0.29) is 12.4 Å². The smallest absolute Gasteiger partial charge is 0.279 e. The number of thioether (sulfide) groups is 1. The molecule has 8 heteroatoms. The fourth-order valence-electron chi connectivity index (χ4n) is 2.72. The molecule has 0 saturated heterocycles.